The lowest BCUT2D eigenvalue weighted by atomic mass is 10.1. The highest BCUT2D eigenvalue weighted by Gasteiger charge is 2.22. The Morgan fingerprint density at radius 3 is 2.77 bits per heavy atom. The number of hydrogen-bond donors (Lipinski definition) is 2. The summed E-state index contributed by atoms with van der Waals surface area (Å²) in [5.41, 5.74) is 0.473. The van der Waals surface area contributed by atoms with Crippen LogP contribution in [0.2, 0.25) is 10.0 Å². The van der Waals surface area contributed by atoms with E-state index in [2.05, 4.69) is 29.4 Å². The molecule has 1 aromatic carbocycles. The molecular formula is C18H26Cl2FN3O2. The molecular weight excluding hydrogens is 380 g/mol. The molecule has 0 aromatic heterocycles. The van der Waals surface area contributed by atoms with E-state index < -0.39 is 11.9 Å². The van der Waals surface area contributed by atoms with Crippen LogP contribution in [0.4, 0.5) is 9.18 Å². The SMILES string of the molecule is CC(C)CN1CCOC(CNC(=O)NC(C)c2cc(F)c(Cl)cc2Cl)C1. The van der Waals surface area contributed by atoms with Gasteiger partial charge in [0.25, 0.3) is 0 Å². The summed E-state index contributed by atoms with van der Waals surface area (Å²) in [7, 11) is 0. The molecule has 146 valence electrons. The second kappa shape index (κ2) is 9.74. The predicted octanol–water partition coefficient (Wildman–Crippen LogP) is 3.85. The van der Waals surface area contributed by atoms with Gasteiger partial charge in [0.2, 0.25) is 0 Å². The Morgan fingerprint density at radius 1 is 1.35 bits per heavy atom. The third kappa shape index (κ3) is 6.27. The molecule has 5 nitrogen and oxygen atoms in total. The summed E-state index contributed by atoms with van der Waals surface area (Å²) < 4.78 is 19.3. The summed E-state index contributed by atoms with van der Waals surface area (Å²) in [6.07, 6.45) is -0.0416. The average molecular weight is 406 g/mol. The molecule has 0 spiro atoms. The van der Waals surface area contributed by atoms with Gasteiger partial charge in [-0.1, -0.05) is 37.0 Å². The Labute approximate surface area is 164 Å². The standard InChI is InChI=1S/C18H26Cl2FN3O2/c1-11(2)9-24-4-5-26-13(10-24)8-22-18(25)23-12(3)14-6-17(21)16(20)7-15(14)19/h6-7,11-13H,4-5,8-10H2,1-3H3,(H2,22,23,25). The number of nitrogens with one attached hydrogen (secondary N) is 2. The van der Waals surface area contributed by atoms with Crippen molar-refractivity contribution in [3.05, 3.63) is 33.6 Å². The van der Waals surface area contributed by atoms with Gasteiger partial charge in [-0.05, 0) is 30.5 Å². The van der Waals surface area contributed by atoms with Crippen LogP contribution in [0.15, 0.2) is 12.1 Å². The lowest BCUT2D eigenvalue weighted by Crippen LogP contribution is -2.49. The fourth-order valence-corrected chi connectivity index (χ4v) is 3.53. The van der Waals surface area contributed by atoms with Gasteiger partial charge in [-0.2, -0.15) is 0 Å². The zero-order chi connectivity index (χ0) is 19.3. The summed E-state index contributed by atoms with van der Waals surface area (Å²) in [5.74, 6) is 0.0244. The first-order valence-electron chi connectivity index (χ1n) is 8.79. The largest absolute Gasteiger partial charge is 0.374 e. The second-order valence-corrected chi connectivity index (χ2v) is 7.82. The van der Waals surface area contributed by atoms with Crippen LogP contribution >= 0.6 is 23.2 Å². The smallest absolute Gasteiger partial charge is 0.315 e. The lowest BCUT2D eigenvalue weighted by molar-refractivity contribution is -0.0290. The zero-order valence-corrected chi connectivity index (χ0v) is 16.8. The van der Waals surface area contributed by atoms with Crippen LogP contribution in [0.3, 0.4) is 0 Å². The summed E-state index contributed by atoms with van der Waals surface area (Å²) in [6.45, 7) is 9.90. The van der Waals surface area contributed by atoms with Crippen molar-refractivity contribution < 1.29 is 13.9 Å². The summed E-state index contributed by atoms with van der Waals surface area (Å²) in [5, 5.41) is 5.82. The molecule has 2 N–H and O–H groups in total. The van der Waals surface area contributed by atoms with Crippen molar-refractivity contribution in [1.29, 1.82) is 0 Å². The Hall–Kier alpha value is -1.08. The zero-order valence-electron chi connectivity index (χ0n) is 15.3. The number of urea groups is 1. The first-order chi connectivity index (χ1) is 12.3. The molecule has 1 saturated heterocycles. The van der Waals surface area contributed by atoms with E-state index in [1.54, 1.807) is 6.92 Å². The molecule has 2 rings (SSSR count). The van der Waals surface area contributed by atoms with Gasteiger partial charge in [0.15, 0.2) is 0 Å². The van der Waals surface area contributed by atoms with E-state index in [-0.39, 0.29) is 17.2 Å². The maximum Gasteiger partial charge on any atom is 0.315 e. The third-order valence-electron chi connectivity index (χ3n) is 4.19. The number of morpholine rings is 1. The Kier molecular flexibility index (Phi) is 7.95. The minimum atomic E-state index is -0.569. The highest BCUT2D eigenvalue weighted by atomic mass is 35.5. The molecule has 0 radical (unpaired) electrons. The number of nitrogens with zero attached hydrogens (tertiary/aromatic N) is 1. The first kappa shape index (κ1) is 21.2. The van der Waals surface area contributed by atoms with Crippen molar-refractivity contribution >= 4 is 29.2 Å². The van der Waals surface area contributed by atoms with E-state index in [1.165, 1.54) is 12.1 Å². The minimum absolute atomic E-state index is 0.0416. The molecule has 1 aliphatic rings. The molecule has 1 aliphatic heterocycles. The highest BCUT2D eigenvalue weighted by molar-refractivity contribution is 6.35. The molecule has 1 fully saturated rings. The van der Waals surface area contributed by atoms with Crippen LogP contribution < -0.4 is 10.6 Å². The Morgan fingerprint density at radius 2 is 2.08 bits per heavy atom. The van der Waals surface area contributed by atoms with Gasteiger partial charge in [0.05, 0.1) is 23.8 Å². The maximum absolute atomic E-state index is 13.6. The summed E-state index contributed by atoms with van der Waals surface area (Å²) >= 11 is 11.8. The van der Waals surface area contributed by atoms with Gasteiger partial charge >= 0.3 is 6.03 Å². The number of ether oxygens (including phenoxy) is 1. The van der Waals surface area contributed by atoms with E-state index in [0.29, 0.717) is 29.7 Å². The van der Waals surface area contributed by atoms with Gasteiger partial charge < -0.3 is 15.4 Å². The highest BCUT2D eigenvalue weighted by Crippen LogP contribution is 2.28. The maximum atomic E-state index is 13.6. The van der Waals surface area contributed by atoms with E-state index in [4.69, 9.17) is 27.9 Å². The third-order valence-corrected chi connectivity index (χ3v) is 4.81. The molecule has 2 unspecified atom stereocenters. The molecule has 1 aromatic rings. The van der Waals surface area contributed by atoms with Crippen LogP contribution in [0.25, 0.3) is 0 Å². The van der Waals surface area contributed by atoms with Crippen molar-refractivity contribution in [2.75, 3.05) is 32.8 Å². The van der Waals surface area contributed by atoms with Crippen molar-refractivity contribution in [3.8, 4) is 0 Å². The van der Waals surface area contributed by atoms with Crippen LogP contribution in [0.1, 0.15) is 32.4 Å². The Bertz CT molecular complexity index is 631. The fourth-order valence-electron chi connectivity index (χ4n) is 2.99. The van der Waals surface area contributed by atoms with E-state index in [9.17, 15) is 9.18 Å². The van der Waals surface area contributed by atoms with Crippen molar-refractivity contribution in [2.24, 2.45) is 5.92 Å². The van der Waals surface area contributed by atoms with E-state index >= 15 is 0 Å². The number of benzene rings is 1. The lowest BCUT2D eigenvalue weighted by Gasteiger charge is -2.34. The van der Waals surface area contributed by atoms with E-state index in [0.717, 1.165) is 19.6 Å². The molecule has 0 bridgehead atoms. The van der Waals surface area contributed by atoms with Gasteiger partial charge in [0.1, 0.15) is 5.82 Å². The van der Waals surface area contributed by atoms with Crippen molar-refractivity contribution in [3.63, 3.8) is 0 Å². The Balaban J connectivity index is 1.82. The van der Waals surface area contributed by atoms with Crippen molar-refractivity contribution in [1.82, 2.24) is 15.5 Å². The first-order valence-corrected chi connectivity index (χ1v) is 9.54. The number of halogens is 3. The van der Waals surface area contributed by atoms with Crippen LogP contribution in [0, 0.1) is 11.7 Å². The monoisotopic (exact) mass is 405 g/mol. The molecule has 2 amide bonds. The number of hydrogen-bond acceptors (Lipinski definition) is 3. The normalized spacial score (nSPS) is 19.4. The molecule has 0 aliphatic carbocycles. The van der Waals surface area contributed by atoms with Crippen LogP contribution in [-0.4, -0.2) is 49.8 Å². The van der Waals surface area contributed by atoms with Gasteiger partial charge in [-0.25, -0.2) is 9.18 Å². The number of rotatable bonds is 6. The number of amides is 2. The topological polar surface area (TPSA) is 53.6 Å². The molecule has 26 heavy (non-hydrogen) atoms. The predicted molar refractivity (Wildman–Crippen MR) is 102 cm³/mol. The second-order valence-electron chi connectivity index (χ2n) is 7.01. The minimum Gasteiger partial charge on any atom is -0.374 e. The van der Waals surface area contributed by atoms with Gasteiger partial charge in [0, 0.05) is 31.2 Å². The molecule has 0 saturated carbocycles. The van der Waals surface area contributed by atoms with Gasteiger partial charge in [-0.3, -0.25) is 4.90 Å². The van der Waals surface area contributed by atoms with Crippen LogP contribution in [0.5, 0.6) is 0 Å². The summed E-state index contributed by atoms with van der Waals surface area (Å²) in [6, 6.07) is 1.76. The average Bonchev–Trinajstić information content (AvgIpc) is 2.56. The number of carbonyl (C=O) groups is 1. The number of carbonyl (C=O) groups excluding carboxylic acids is 1. The van der Waals surface area contributed by atoms with Gasteiger partial charge in [-0.15, -0.1) is 0 Å². The quantitative estimate of drug-likeness (QED) is 0.706. The molecule has 2 atom stereocenters. The van der Waals surface area contributed by atoms with Crippen molar-refractivity contribution in [2.45, 2.75) is 32.9 Å². The summed E-state index contributed by atoms with van der Waals surface area (Å²) in [4.78, 5) is 14.5. The van der Waals surface area contributed by atoms with Crippen LogP contribution in [-0.2, 0) is 4.74 Å². The fraction of sp³-hybridized carbons (Fsp3) is 0.611. The van der Waals surface area contributed by atoms with E-state index in [1.807, 2.05) is 0 Å². The molecule has 1 heterocycles. The molecule has 8 heteroatoms.